The lowest BCUT2D eigenvalue weighted by Gasteiger charge is -2.32. The number of piperidine rings is 1. The molecular formula is C31H34N4O3. The first-order valence-electron chi connectivity index (χ1n) is 13.3. The number of hydrogen-bond donors (Lipinski definition) is 1. The first-order chi connectivity index (χ1) is 18.7. The number of ether oxygens (including phenoxy) is 1. The monoisotopic (exact) mass is 510 g/mol. The molecule has 1 N–H and O–H groups in total. The molecule has 0 spiro atoms. The van der Waals surface area contributed by atoms with Gasteiger partial charge in [0.2, 0.25) is 0 Å². The molecular weight excluding hydrogens is 476 g/mol. The number of nitrogens with zero attached hydrogens (tertiary/aromatic N) is 3. The lowest BCUT2D eigenvalue weighted by Crippen LogP contribution is -2.41. The molecule has 1 aliphatic heterocycles. The molecule has 0 aliphatic carbocycles. The van der Waals surface area contributed by atoms with E-state index >= 15 is 0 Å². The third kappa shape index (κ3) is 6.42. The van der Waals surface area contributed by atoms with Gasteiger partial charge in [-0.1, -0.05) is 84.9 Å². The van der Waals surface area contributed by atoms with Crippen molar-refractivity contribution in [2.24, 2.45) is 0 Å². The number of carbonyl (C=O) groups excluding carboxylic acids is 1. The van der Waals surface area contributed by atoms with Crippen LogP contribution in [0.15, 0.2) is 95.8 Å². The van der Waals surface area contributed by atoms with Crippen molar-refractivity contribution in [2.75, 3.05) is 32.8 Å². The van der Waals surface area contributed by atoms with Gasteiger partial charge >= 0.3 is 11.8 Å². The van der Waals surface area contributed by atoms with Gasteiger partial charge in [-0.15, -0.1) is 0 Å². The van der Waals surface area contributed by atoms with E-state index in [1.165, 1.54) is 5.56 Å². The molecule has 38 heavy (non-hydrogen) atoms. The van der Waals surface area contributed by atoms with Crippen LogP contribution >= 0.6 is 0 Å². The molecule has 0 unspecified atom stereocenters. The van der Waals surface area contributed by atoms with Crippen LogP contribution in [0.2, 0.25) is 0 Å². The molecule has 2 heterocycles. The summed E-state index contributed by atoms with van der Waals surface area (Å²) in [5.41, 5.74) is 4.06. The van der Waals surface area contributed by atoms with Crippen molar-refractivity contribution in [1.29, 1.82) is 0 Å². The molecule has 0 atom stereocenters. The van der Waals surface area contributed by atoms with Crippen molar-refractivity contribution in [3.05, 3.63) is 113 Å². The van der Waals surface area contributed by atoms with Gasteiger partial charge < -0.3 is 14.6 Å². The zero-order chi connectivity index (χ0) is 26.2. The molecule has 4 aromatic rings. The van der Waals surface area contributed by atoms with Crippen LogP contribution in [0.4, 0.5) is 4.79 Å². The second kappa shape index (κ2) is 12.4. The van der Waals surface area contributed by atoms with Gasteiger partial charge in [0, 0.05) is 38.8 Å². The standard InChI is InChI=1S/C31H34N4O3/c36-30-32-28-15-7-8-16-29(28)35(30)27-17-20-34(21-18-27)31(37)38-23-22-33(24-26-12-5-2-6-13-26)19-9-14-25-10-3-1-4-11-25/h1-16,27H,17-24H2,(H,32,36). The number of aromatic nitrogens is 2. The third-order valence-corrected chi connectivity index (χ3v) is 7.07. The predicted molar refractivity (Wildman–Crippen MR) is 151 cm³/mol. The van der Waals surface area contributed by atoms with Gasteiger partial charge in [-0.3, -0.25) is 9.47 Å². The molecule has 5 rings (SSSR count). The maximum atomic E-state index is 12.8. The van der Waals surface area contributed by atoms with Gasteiger partial charge in [-0.05, 0) is 36.1 Å². The Kier molecular flexibility index (Phi) is 8.36. The number of amides is 1. The number of likely N-dealkylation sites (tertiary alicyclic amines) is 1. The first-order valence-corrected chi connectivity index (χ1v) is 13.3. The summed E-state index contributed by atoms with van der Waals surface area (Å²) in [6.45, 7) is 3.65. The Morgan fingerprint density at radius 3 is 2.39 bits per heavy atom. The Balaban J connectivity index is 1.13. The summed E-state index contributed by atoms with van der Waals surface area (Å²) in [7, 11) is 0. The average Bonchev–Trinajstić information content (AvgIpc) is 3.29. The van der Waals surface area contributed by atoms with Crippen LogP contribution in [-0.2, 0) is 11.3 Å². The molecule has 1 saturated heterocycles. The molecule has 7 nitrogen and oxygen atoms in total. The van der Waals surface area contributed by atoms with Crippen molar-refractivity contribution in [3.63, 3.8) is 0 Å². The van der Waals surface area contributed by atoms with Crippen LogP contribution in [0.5, 0.6) is 0 Å². The van der Waals surface area contributed by atoms with Crippen LogP contribution < -0.4 is 5.69 Å². The van der Waals surface area contributed by atoms with E-state index < -0.39 is 0 Å². The van der Waals surface area contributed by atoms with Gasteiger partial charge in [-0.25, -0.2) is 9.59 Å². The van der Waals surface area contributed by atoms with Gasteiger partial charge in [0.15, 0.2) is 0 Å². The fourth-order valence-electron chi connectivity index (χ4n) is 5.08. The van der Waals surface area contributed by atoms with E-state index in [-0.39, 0.29) is 17.8 Å². The number of imidazole rings is 1. The zero-order valence-corrected chi connectivity index (χ0v) is 21.5. The van der Waals surface area contributed by atoms with Crippen LogP contribution in [0.1, 0.15) is 30.0 Å². The van der Waals surface area contributed by atoms with Crippen molar-refractivity contribution in [2.45, 2.75) is 25.4 Å². The molecule has 7 heteroatoms. The topological polar surface area (TPSA) is 70.6 Å². The van der Waals surface area contributed by atoms with Gasteiger partial charge in [0.1, 0.15) is 6.61 Å². The molecule has 3 aromatic carbocycles. The van der Waals surface area contributed by atoms with Crippen molar-refractivity contribution in [1.82, 2.24) is 19.4 Å². The normalized spacial score (nSPS) is 14.5. The molecule has 1 amide bonds. The smallest absolute Gasteiger partial charge is 0.409 e. The fraction of sp³-hybridized carbons (Fsp3) is 0.290. The highest BCUT2D eigenvalue weighted by atomic mass is 16.6. The van der Waals surface area contributed by atoms with E-state index in [2.05, 4.69) is 46.3 Å². The maximum absolute atomic E-state index is 12.8. The molecule has 0 saturated carbocycles. The number of fused-ring (bicyclic) bond motifs is 1. The number of nitrogens with one attached hydrogen (secondary N) is 1. The highest BCUT2D eigenvalue weighted by Gasteiger charge is 2.26. The molecule has 1 aromatic heterocycles. The largest absolute Gasteiger partial charge is 0.448 e. The molecule has 0 radical (unpaired) electrons. The first kappa shape index (κ1) is 25.5. The molecule has 1 aliphatic rings. The Hall–Kier alpha value is -4.10. The van der Waals surface area contributed by atoms with E-state index in [1.807, 2.05) is 65.2 Å². The predicted octanol–water partition coefficient (Wildman–Crippen LogP) is 5.32. The number of carbonyl (C=O) groups is 1. The lowest BCUT2D eigenvalue weighted by atomic mass is 10.0. The molecule has 1 fully saturated rings. The Morgan fingerprint density at radius 2 is 1.63 bits per heavy atom. The minimum atomic E-state index is -0.283. The van der Waals surface area contributed by atoms with Crippen molar-refractivity contribution in [3.8, 4) is 0 Å². The number of benzene rings is 3. The summed E-state index contributed by atoms with van der Waals surface area (Å²) in [6, 6.07) is 28.4. The second-order valence-corrected chi connectivity index (χ2v) is 9.68. The highest BCUT2D eigenvalue weighted by Crippen LogP contribution is 2.25. The Labute approximate surface area is 223 Å². The summed E-state index contributed by atoms with van der Waals surface area (Å²) < 4.78 is 7.52. The zero-order valence-electron chi connectivity index (χ0n) is 21.5. The third-order valence-electron chi connectivity index (χ3n) is 7.07. The van der Waals surface area contributed by atoms with E-state index in [0.29, 0.717) is 26.2 Å². The number of hydrogen-bond acceptors (Lipinski definition) is 4. The Bertz CT molecular complexity index is 1400. The summed E-state index contributed by atoms with van der Waals surface area (Å²) in [4.78, 5) is 32.3. The minimum Gasteiger partial charge on any atom is -0.448 e. The van der Waals surface area contributed by atoms with E-state index in [9.17, 15) is 9.59 Å². The molecule has 0 bridgehead atoms. The minimum absolute atomic E-state index is 0.0699. The number of para-hydroxylation sites is 2. The SMILES string of the molecule is O=C(OCCN(CC=Cc1ccccc1)Cc1ccccc1)N1CCC(n2c(=O)[nH]c3ccccc32)CC1. The Morgan fingerprint density at radius 1 is 0.947 bits per heavy atom. The van der Waals surface area contributed by atoms with Crippen molar-refractivity contribution >= 4 is 23.2 Å². The highest BCUT2D eigenvalue weighted by molar-refractivity contribution is 5.75. The van der Waals surface area contributed by atoms with E-state index in [1.54, 1.807) is 4.90 Å². The number of aromatic amines is 1. The summed E-state index contributed by atoms with van der Waals surface area (Å²) in [5, 5.41) is 0. The van der Waals surface area contributed by atoms with Crippen LogP contribution in [0, 0.1) is 0 Å². The van der Waals surface area contributed by atoms with E-state index in [4.69, 9.17) is 4.74 Å². The van der Waals surface area contributed by atoms with Gasteiger partial charge in [-0.2, -0.15) is 0 Å². The average molecular weight is 511 g/mol. The van der Waals surface area contributed by atoms with E-state index in [0.717, 1.165) is 42.5 Å². The quantitative estimate of drug-likeness (QED) is 0.331. The summed E-state index contributed by atoms with van der Waals surface area (Å²) in [6.07, 6.45) is 5.43. The van der Waals surface area contributed by atoms with Gasteiger partial charge in [0.05, 0.1) is 11.0 Å². The number of H-pyrrole nitrogens is 1. The summed E-state index contributed by atoms with van der Waals surface area (Å²) in [5.74, 6) is 0. The van der Waals surface area contributed by atoms with Crippen LogP contribution in [0.3, 0.4) is 0 Å². The second-order valence-electron chi connectivity index (χ2n) is 9.68. The van der Waals surface area contributed by atoms with Gasteiger partial charge in [0.25, 0.3) is 0 Å². The summed E-state index contributed by atoms with van der Waals surface area (Å²) >= 11 is 0. The lowest BCUT2D eigenvalue weighted by molar-refractivity contribution is 0.0794. The maximum Gasteiger partial charge on any atom is 0.409 e. The fourth-order valence-corrected chi connectivity index (χ4v) is 5.08. The van der Waals surface area contributed by atoms with Crippen LogP contribution in [0.25, 0.3) is 17.1 Å². The number of rotatable bonds is 9. The van der Waals surface area contributed by atoms with Crippen LogP contribution in [-0.4, -0.2) is 58.2 Å². The van der Waals surface area contributed by atoms with Crippen molar-refractivity contribution < 1.29 is 9.53 Å². The molecule has 196 valence electrons.